The first-order valence-corrected chi connectivity index (χ1v) is 12.2. The van der Waals surface area contributed by atoms with Crippen LogP contribution in [0.25, 0.3) is 10.4 Å². The van der Waals surface area contributed by atoms with Crippen molar-refractivity contribution in [3.8, 4) is 22.2 Å². The van der Waals surface area contributed by atoms with Crippen LogP contribution in [0.3, 0.4) is 0 Å². The third kappa shape index (κ3) is 7.08. The molecule has 0 saturated carbocycles. The normalized spacial score (nSPS) is 11.2. The van der Waals surface area contributed by atoms with Gasteiger partial charge in [-0.05, 0) is 54.4 Å². The molecule has 192 valence electrons. The third-order valence-electron chi connectivity index (χ3n) is 4.81. The standard InChI is InChI=1S/C24H20ClF3N6O2S/c1-2-9-29-23-32-13-20(37-23)14-3-6-17(7-4-14)36-22-30-11-16(12-31-22)33-21(35)34-19-10-15(24(26,27)28)5-8-18(19)25/h3-8,10-13H,2,9H2,1H3,(H,29,32)(H2,33,34,35). The molecule has 2 aromatic carbocycles. The lowest BCUT2D eigenvalue weighted by atomic mass is 10.2. The summed E-state index contributed by atoms with van der Waals surface area (Å²) < 4.78 is 44.4. The SMILES string of the molecule is CCCNc1ncc(-c2ccc(Oc3ncc(NC(=O)Nc4cc(C(F)(F)F)ccc4Cl)cn3)cc2)s1. The van der Waals surface area contributed by atoms with Crippen LogP contribution >= 0.6 is 22.9 Å². The molecular formula is C24H20ClF3N6O2S. The summed E-state index contributed by atoms with van der Waals surface area (Å²) in [5, 5.41) is 8.79. The number of urea groups is 1. The third-order valence-corrected chi connectivity index (χ3v) is 6.14. The molecule has 0 bridgehead atoms. The number of hydrogen-bond donors (Lipinski definition) is 3. The molecule has 8 nitrogen and oxygen atoms in total. The Bertz CT molecular complexity index is 1360. The van der Waals surface area contributed by atoms with Gasteiger partial charge in [0.2, 0.25) is 0 Å². The van der Waals surface area contributed by atoms with E-state index < -0.39 is 17.8 Å². The van der Waals surface area contributed by atoms with Gasteiger partial charge in [0, 0.05) is 12.7 Å². The average Bonchev–Trinajstić information content (AvgIpc) is 3.34. The Morgan fingerprint density at radius 3 is 2.43 bits per heavy atom. The molecule has 2 heterocycles. The predicted octanol–water partition coefficient (Wildman–Crippen LogP) is 7.53. The van der Waals surface area contributed by atoms with E-state index in [0.717, 1.165) is 46.7 Å². The van der Waals surface area contributed by atoms with Gasteiger partial charge in [0.1, 0.15) is 5.75 Å². The molecule has 0 aliphatic heterocycles. The number of alkyl halides is 3. The number of nitrogens with one attached hydrogen (secondary N) is 3. The summed E-state index contributed by atoms with van der Waals surface area (Å²) >= 11 is 7.46. The van der Waals surface area contributed by atoms with Crippen LogP contribution in [0.2, 0.25) is 5.02 Å². The van der Waals surface area contributed by atoms with E-state index in [1.165, 1.54) is 12.4 Å². The van der Waals surface area contributed by atoms with Crippen LogP contribution < -0.4 is 20.7 Å². The van der Waals surface area contributed by atoms with Gasteiger partial charge < -0.3 is 20.7 Å². The summed E-state index contributed by atoms with van der Waals surface area (Å²) in [6.07, 6.45) is 0.850. The maximum atomic E-state index is 12.9. The Hall–Kier alpha value is -3.90. The van der Waals surface area contributed by atoms with Crippen LogP contribution in [0, 0.1) is 0 Å². The fraction of sp³-hybridized carbons (Fsp3) is 0.167. The number of nitrogens with zero attached hydrogens (tertiary/aromatic N) is 3. The molecule has 0 aliphatic carbocycles. The van der Waals surface area contributed by atoms with Crippen molar-refractivity contribution < 1.29 is 22.7 Å². The zero-order valence-electron chi connectivity index (χ0n) is 19.3. The number of carbonyl (C=O) groups is 1. The lowest BCUT2D eigenvalue weighted by Gasteiger charge is -2.12. The number of anilines is 3. The minimum atomic E-state index is -4.57. The Kier molecular flexibility index (Phi) is 8.09. The van der Waals surface area contributed by atoms with Crippen molar-refractivity contribution in [2.75, 3.05) is 22.5 Å². The Morgan fingerprint density at radius 2 is 1.76 bits per heavy atom. The van der Waals surface area contributed by atoms with E-state index in [4.69, 9.17) is 16.3 Å². The van der Waals surface area contributed by atoms with Gasteiger partial charge in [-0.15, -0.1) is 0 Å². The molecule has 37 heavy (non-hydrogen) atoms. The number of halogens is 4. The van der Waals surface area contributed by atoms with Crippen molar-refractivity contribution in [3.05, 3.63) is 71.6 Å². The van der Waals surface area contributed by atoms with Gasteiger partial charge in [0.05, 0.1) is 39.2 Å². The summed E-state index contributed by atoms with van der Waals surface area (Å²) in [5.41, 5.74) is 0.0543. The largest absolute Gasteiger partial charge is 0.424 e. The van der Waals surface area contributed by atoms with E-state index in [9.17, 15) is 18.0 Å². The highest BCUT2D eigenvalue weighted by Gasteiger charge is 2.31. The second-order valence-corrected chi connectivity index (χ2v) is 9.05. The van der Waals surface area contributed by atoms with E-state index in [1.54, 1.807) is 23.5 Å². The number of carbonyl (C=O) groups excluding carboxylic acids is 1. The summed E-state index contributed by atoms with van der Waals surface area (Å²) in [5.74, 6) is 0.509. The summed E-state index contributed by atoms with van der Waals surface area (Å²) in [4.78, 5) is 25.7. The van der Waals surface area contributed by atoms with E-state index in [2.05, 4.69) is 37.8 Å². The monoisotopic (exact) mass is 548 g/mol. The van der Waals surface area contributed by atoms with E-state index in [-0.39, 0.29) is 22.4 Å². The molecule has 0 unspecified atom stereocenters. The summed E-state index contributed by atoms with van der Waals surface area (Å²) in [6.45, 7) is 2.95. The molecule has 0 spiro atoms. The van der Waals surface area contributed by atoms with Crippen LogP contribution in [0.4, 0.5) is 34.5 Å². The van der Waals surface area contributed by atoms with Crippen LogP contribution in [0.1, 0.15) is 18.9 Å². The molecule has 4 rings (SSSR count). The fourth-order valence-electron chi connectivity index (χ4n) is 3.03. The first-order valence-electron chi connectivity index (χ1n) is 11.0. The minimum absolute atomic E-state index is 0.0434. The van der Waals surface area contributed by atoms with E-state index >= 15 is 0 Å². The Morgan fingerprint density at radius 1 is 1.03 bits per heavy atom. The highest BCUT2D eigenvalue weighted by Crippen LogP contribution is 2.34. The number of rotatable bonds is 8. The predicted molar refractivity (Wildman–Crippen MR) is 138 cm³/mol. The number of amides is 2. The zero-order valence-corrected chi connectivity index (χ0v) is 20.8. The van der Waals surface area contributed by atoms with Crippen molar-refractivity contribution in [1.29, 1.82) is 0 Å². The van der Waals surface area contributed by atoms with Crippen LogP contribution in [0.15, 0.2) is 61.1 Å². The minimum Gasteiger partial charge on any atom is -0.424 e. The Balaban J connectivity index is 1.33. The molecule has 2 aromatic heterocycles. The van der Waals surface area contributed by atoms with Crippen molar-refractivity contribution in [1.82, 2.24) is 15.0 Å². The van der Waals surface area contributed by atoms with Gasteiger partial charge in [-0.1, -0.05) is 29.9 Å². The molecule has 0 saturated heterocycles. The summed E-state index contributed by atoms with van der Waals surface area (Å²) in [7, 11) is 0. The highest BCUT2D eigenvalue weighted by atomic mass is 35.5. The van der Waals surface area contributed by atoms with Crippen LogP contribution in [-0.2, 0) is 6.18 Å². The summed E-state index contributed by atoms with van der Waals surface area (Å²) in [6, 6.07) is 9.20. The maximum absolute atomic E-state index is 12.9. The van der Waals surface area contributed by atoms with Crippen molar-refractivity contribution >= 4 is 45.5 Å². The number of aromatic nitrogens is 3. The second-order valence-electron chi connectivity index (χ2n) is 7.61. The number of benzene rings is 2. The van der Waals surface area contributed by atoms with Crippen LogP contribution in [-0.4, -0.2) is 27.5 Å². The van der Waals surface area contributed by atoms with E-state index in [1.807, 2.05) is 18.3 Å². The quantitative estimate of drug-likeness (QED) is 0.210. The van der Waals surface area contributed by atoms with Gasteiger partial charge in [0.15, 0.2) is 5.13 Å². The second kappa shape index (κ2) is 11.4. The Labute approximate surface area is 218 Å². The first-order chi connectivity index (χ1) is 17.7. The zero-order chi connectivity index (χ0) is 26.4. The molecule has 13 heteroatoms. The lowest BCUT2D eigenvalue weighted by Crippen LogP contribution is -2.20. The molecule has 0 fully saturated rings. The van der Waals surface area contributed by atoms with Gasteiger partial charge >= 0.3 is 18.2 Å². The number of thiazole rings is 1. The topological polar surface area (TPSA) is 101 Å². The van der Waals surface area contributed by atoms with Gasteiger partial charge in [0.25, 0.3) is 0 Å². The molecule has 2 amide bonds. The molecule has 0 radical (unpaired) electrons. The van der Waals surface area contributed by atoms with Gasteiger partial charge in [-0.3, -0.25) is 0 Å². The highest BCUT2D eigenvalue weighted by molar-refractivity contribution is 7.18. The van der Waals surface area contributed by atoms with Gasteiger partial charge in [-0.2, -0.15) is 13.2 Å². The van der Waals surface area contributed by atoms with Crippen molar-refractivity contribution in [3.63, 3.8) is 0 Å². The molecular weight excluding hydrogens is 529 g/mol. The fourth-order valence-corrected chi connectivity index (χ4v) is 4.04. The van der Waals surface area contributed by atoms with Crippen molar-refractivity contribution in [2.24, 2.45) is 0 Å². The lowest BCUT2D eigenvalue weighted by molar-refractivity contribution is -0.137. The molecule has 4 aromatic rings. The van der Waals surface area contributed by atoms with E-state index in [0.29, 0.717) is 5.75 Å². The molecule has 0 aliphatic rings. The first kappa shape index (κ1) is 26.2. The number of hydrogen-bond acceptors (Lipinski definition) is 7. The van der Waals surface area contributed by atoms with Crippen LogP contribution in [0.5, 0.6) is 11.8 Å². The van der Waals surface area contributed by atoms with Gasteiger partial charge in [-0.25, -0.2) is 19.7 Å². The molecule has 3 N–H and O–H groups in total. The smallest absolute Gasteiger partial charge is 0.416 e. The maximum Gasteiger partial charge on any atom is 0.416 e. The average molecular weight is 549 g/mol. The van der Waals surface area contributed by atoms with Crippen molar-refractivity contribution in [2.45, 2.75) is 19.5 Å². The number of ether oxygens (including phenoxy) is 1. The molecule has 0 atom stereocenters.